The molecule has 2 amide bonds. The average molecular weight is 767 g/mol. The summed E-state index contributed by atoms with van der Waals surface area (Å²) in [6.45, 7) is 7.01. The second kappa shape index (κ2) is 15.5. The van der Waals surface area contributed by atoms with Crippen LogP contribution in [0.1, 0.15) is 103 Å². The van der Waals surface area contributed by atoms with Gasteiger partial charge in [-0.3, -0.25) is 9.59 Å². The van der Waals surface area contributed by atoms with Gasteiger partial charge in [-0.05, 0) is 105 Å². The Labute approximate surface area is 310 Å². The number of esters is 1. The Hall–Kier alpha value is -6.39. The molecule has 1 atom stereocenters. The van der Waals surface area contributed by atoms with Crippen LogP contribution in [-0.2, 0) is 23.9 Å². The summed E-state index contributed by atoms with van der Waals surface area (Å²) >= 11 is 0. The molecule has 5 N–H and O–H groups in total. The van der Waals surface area contributed by atoms with Gasteiger partial charge in [0.2, 0.25) is 0 Å². The number of aromatic nitrogens is 3. The number of aromatic carboxylic acids is 1. The van der Waals surface area contributed by atoms with E-state index in [-0.39, 0.29) is 34.7 Å². The standard InChI is InChI=1S/C31H29F2N5O6.C7H6F3N/c1-15-17-8-10-23(19(17)7-6-18(15)30(43)44-31(2,3)4)37-28(40)25-12-24(36-26-20(29(41)42)14-35-38(25)26)27(39)34-13-16-5-9-21(32)22(33)11-16;8-7(9,10)5-1-3-6(11)4-2-5/h5-7,9,11-12,14,23H,8,10,13H2,1-4H3,(H,34,39)(H,37,40)(H,41,42);1-4H,11H2/t23-;/m0./s1. The number of carbonyl (C=O) groups is 4. The number of ether oxygens (including phenoxy) is 1. The van der Waals surface area contributed by atoms with Crippen LogP contribution in [0.15, 0.2) is 66.9 Å². The lowest BCUT2D eigenvalue weighted by Gasteiger charge is -2.21. The lowest BCUT2D eigenvalue weighted by molar-refractivity contribution is -0.137. The van der Waals surface area contributed by atoms with Crippen molar-refractivity contribution >= 4 is 35.1 Å². The maximum absolute atomic E-state index is 13.6. The molecular formula is C38H35F5N6O6. The third kappa shape index (κ3) is 9.23. The molecule has 6 rings (SSSR count). The Morgan fingerprint density at radius 3 is 2.25 bits per heavy atom. The first-order valence-corrected chi connectivity index (χ1v) is 16.7. The van der Waals surface area contributed by atoms with E-state index in [9.17, 15) is 46.2 Å². The summed E-state index contributed by atoms with van der Waals surface area (Å²) in [5.41, 5.74) is 6.45. The van der Waals surface area contributed by atoms with Crippen LogP contribution < -0.4 is 16.4 Å². The Morgan fingerprint density at radius 2 is 1.64 bits per heavy atom. The Balaban J connectivity index is 0.000000454. The van der Waals surface area contributed by atoms with Crippen molar-refractivity contribution in [1.29, 1.82) is 0 Å². The molecule has 2 aromatic heterocycles. The normalized spacial score (nSPS) is 13.7. The highest BCUT2D eigenvalue weighted by atomic mass is 19.4. The third-order valence-electron chi connectivity index (χ3n) is 8.46. The van der Waals surface area contributed by atoms with Gasteiger partial charge in [-0.15, -0.1) is 0 Å². The molecular weight excluding hydrogens is 731 g/mol. The summed E-state index contributed by atoms with van der Waals surface area (Å²) in [5.74, 6) is -5.33. The minimum Gasteiger partial charge on any atom is -0.477 e. The fourth-order valence-corrected chi connectivity index (χ4v) is 5.80. The number of nitrogens with one attached hydrogen (secondary N) is 2. The second-order valence-electron chi connectivity index (χ2n) is 13.5. The summed E-state index contributed by atoms with van der Waals surface area (Å²) in [7, 11) is 0. The summed E-state index contributed by atoms with van der Waals surface area (Å²) in [5, 5.41) is 19.1. The summed E-state index contributed by atoms with van der Waals surface area (Å²) in [6, 6.07) is 11.7. The molecule has 1 aliphatic rings. The molecule has 3 aromatic carbocycles. The van der Waals surface area contributed by atoms with Crippen LogP contribution >= 0.6 is 0 Å². The number of benzene rings is 3. The summed E-state index contributed by atoms with van der Waals surface area (Å²) in [4.78, 5) is 55.3. The van der Waals surface area contributed by atoms with Crippen molar-refractivity contribution in [1.82, 2.24) is 25.2 Å². The monoisotopic (exact) mass is 766 g/mol. The lowest BCUT2D eigenvalue weighted by Crippen LogP contribution is -2.31. The van der Waals surface area contributed by atoms with Crippen LogP contribution in [-0.4, -0.2) is 49.1 Å². The van der Waals surface area contributed by atoms with Crippen molar-refractivity contribution in [2.45, 2.75) is 64.9 Å². The van der Waals surface area contributed by atoms with E-state index in [1.807, 2.05) is 6.92 Å². The third-order valence-corrected chi connectivity index (χ3v) is 8.46. The molecule has 1 aliphatic carbocycles. The van der Waals surface area contributed by atoms with Gasteiger partial charge in [0, 0.05) is 18.3 Å². The molecule has 0 radical (unpaired) electrons. The number of carboxylic acid groups (broad SMARTS) is 1. The first kappa shape index (κ1) is 39.8. The van der Waals surface area contributed by atoms with Crippen molar-refractivity contribution in [2.24, 2.45) is 0 Å². The lowest BCUT2D eigenvalue weighted by atomic mass is 9.97. The quantitative estimate of drug-likeness (QED) is 0.0807. The van der Waals surface area contributed by atoms with Crippen molar-refractivity contribution in [3.8, 4) is 0 Å². The molecule has 55 heavy (non-hydrogen) atoms. The van der Waals surface area contributed by atoms with Crippen molar-refractivity contribution in [3.05, 3.63) is 129 Å². The van der Waals surface area contributed by atoms with E-state index in [0.29, 0.717) is 24.1 Å². The highest BCUT2D eigenvalue weighted by Gasteiger charge is 2.31. The number of halogens is 5. The Morgan fingerprint density at radius 1 is 0.945 bits per heavy atom. The van der Waals surface area contributed by atoms with Gasteiger partial charge >= 0.3 is 18.1 Å². The van der Waals surface area contributed by atoms with E-state index < -0.39 is 58.8 Å². The number of alkyl halides is 3. The molecule has 288 valence electrons. The number of hydrogen-bond donors (Lipinski definition) is 4. The van der Waals surface area contributed by atoms with Crippen LogP contribution in [0.4, 0.5) is 27.6 Å². The predicted molar refractivity (Wildman–Crippen MR) is 188 cm³/mol. The maximum atomic E-state index is 13.6. The topological polar surface area (TPSA) is 178 Å². The number of anilines is 1. The Bertz CT molecular complexity index is 2300. The van der Waals surface area contributed by atoms with Gasteiger partial charge in [0.15, 0.2) is 17.3 Å². The van der Waals surface area contributed by atoms with Gasteiger partial charge in [-0.2, -0.15) is 18.3 Å². The van der Waals surface area contributed by atoms with E-state index >= 15 is 0 Å². The van der Waals surface area contributed by atoms with Gasteiger partial charge in [-0.25, -0.2) is 27.9 Å². The molecule has 0 aliphatic heterocycles. The molecule has 0 spiro atoms. The summed E-state index contributed by atoms with van der Waals surface area (Å²) in [6.07, 6.45) is -2.11. The Kier molecular flexibility index (Phi) is 11.2. The molecule has 17 heteroatoms. The van der Waals surface area contributed by atoms with E-state index in [0.717, 1.165) is 51.7 Å². The van der Waals surface area contributed by atoms with Crippen LogP contribution in [0.2, 0.25) is 0 Å². The highest BCUT2D eigenvalue weighted by Crippen LogP contribution is 2.35. The van der Waals surface area contributed by atoms with Gasteiger partial charge in [0.25, 0.3) is 11.8 Å². The minimum absolute atomic E-state index is 0.143. The zero-order valence-corrected chi connectivity index (χ0v) is 29.8. The number of carbonyl (C=O) groups excluding carboxylic acids is 3. The van der Waals surface area contributed by atoms with Crippen LogP contribution in [0.5, 0.6) is 0 Å². The number of carboxylic acids is 1. The molecule has 2 heterocycles. The van der Waals surface area contributed by atoms with Gasteiger partial charge in [0.05, 0.1) is 23.4 Å². The van der Waals surface area contributed by atoms with E-state index in [1.165, 1.54) is 24.3 Å². The molecule has 5 aromatic rings. The first-order chi connectivity index (χ1) is 25.7. The van der Waals surface area contributed by atoms with Gasteiger partial charge < -0.3 is 26.2 Å². The number of rotatable bonds is 7. The zero-order valence-electron chi connectivity index (χ0n) is 29.8. The maximum Gasteiger partial charge on any atom is 0.416 e. The van der Waals surface area contributed by atoms with Gasteiger partial charge in [0.1, 0.15) is 22.6 Å². The van der Waals surface area contributed by atoms with E-state index in [2.05, 4.69) is 20.7 Å². The first-order valence-electron chi connectivity index (χ1n) is 16.7. The fourth-order valence-electron chi connectivity index (χ4n) is 5.80. The molecule has 12 nitrogen and oxygen atoms in total. The number of amides is 2. The number of nitrogen functional groups attached to an aromatic ring is 1. The molecule has 0 saturated heterocycles. The number of nitrogens with two attached hydrogens (primary N) is 1. The van der Waals surface area contributed by atoms with E-state index in [4.69, 9.17) is 10.5 Å². The smallest absolute Gasteiger partial charge is 0.416 e. The minimum atomic E-state index is -4.27. The van der Waals surface area contributed by atoms with E-state index in [1.54, 1.807) is 32.9 Å². The second-order valence-corrected chi connectivity index (χ2v) is 13.5. The summed E-state index contributed by atoms with van der Waals surface area (Å²) < 4.78 is 69.1. The van der Waals surface area contributed by atoms with Crippen LogP contribution in [0.3, 0.4) is 0 Å². The predicted octanol–water partition coefficient (Wildman–Crippen LogP) is 6.60. The zero-order chi connectivity index (χ0) is 40.4. The fraction of sp³-hybridized carbons (Fsp3) is 0.263. The average Bonchev–Trinajstić information content (AvgIpc) is 3.72. The molecule has 0 saturated carbocycles. The molecule has 0 bridgehead atoms. The SMILES string of the molecule is Cc1c(C(=O)OC(C)(C)C)ccc2c1CC[C@@H]2NC(=O)c1cc(C(=O)NCc2ccc(F)c(F)c2)nc2c(C(=O)O)cnn12.Nc1ccc(C(F)(F)F)cc1. The number of nitrogens with zero attached hydrogens (tertiary/aromatic N) is 3. The molecule has 0 fully saturated rings. The van der Waals surface area contributed by atoms with Crippen molar-refractivity contribution in [3.63, 3.8) is 0 Å². The van der Waals surface area contributed by atoms with Crippen LogP contribution in [0.25, 0.3) is 5.65 Å². The van der Waals surface area contributed by atoms with Crippen molar-refractivity contribution < 1.29 is 51.0 Å². The highest BCUT2D eigenvalue weighted by molar-refractivity contribution is 6.01. The van der Waals surface area contributed by atoms with Crippen molar-refractivity contribution in [2.75, 3.05) is 5.73 Å². The number of hydrogen-bond acceptors (Lipinski definition) is 8. The van der Waals surface area contributed by atoms with Gasteiger partial charge in [-0.1, -0.05) is 12.1 Å². The largest absolute Gasteiger partial charge is 0.477 e. The van der Waals surface area contributed by atoms with Crippen LogP contribution in [0, 0.1) is 18.6 Å². The molecule has 0 unspecified atom stereocenters. The number of fused-ring (bicyclic) bond motifs is 2.